The van der Waals surface area contributed by atoms with E-state index in [1.54, 1.807) is 0 Å². The van der Waals surface area contributed by atoms with Crippen LogP contribution in [0.3, 0.4) is 0 Å². The number of carbonyl (C=O) groups excluding carboxylic acids is 8. The van der Waals surface area contributed by atoms with Crippen molar-refractivity contribution in [2.24, 2.45) is 23.7 Å². The smallest absolute Gasteiger partial charge is 0.550 e. The fourth-order valence-corrected chi connectivity index (χ4v) is 3.30. The van der Waals surface area contributed by atoms with E-state index in [0.717, 1.165) is 0 Å². The van der Waals surface area contributed by atoms with Crippen LogP contribution in [0, 0.1) is 23.7 Å². The molecule has 30 heteroatoms. The molecule has 0 aromatic heterocycles. The molecule has 0 aromatic carbocycles. The summed E-state index contributed by atoms with van der Waals surface area (Å²) in [6, 6.07) is 0. The van der Waals surface area contributed by atoms with Crippen LogP contribution in [0.4, 0.5) is 0 Å². The van der Waals surface area contributed by atoms with Crippen LogP contribution in [0.1, 0.15) is 25.7 Å². The van der Waals surface area contributed by atoms with Gasteiger partial charge in [0.15, 0.2) is 0 Å². The van der Waals surface area contributed by atoms with Crippen LogP contribution in [-0.4, -0.2) is 67.3 Å². The van der Waals surface area contributed by atoms with Crippen molar-refractivity contribution < 1.29 is 284 Å². The van der Waals surface area contributed by atoms with Crippen molar-refractivity contribution in [3.8, 4) is 0 Å². The third-order valence-electron chi connectivity index (χ3n) is 4.17. The molecule has 0 rings (SSSR count). The van der Waals surface area contributed by atoms with Gasteiger partial charge in [0.05, 0.1) is 12.8 Å². The molecule has 0 aromatic rings. The van der Waals surface area contributed by atoms with Crippen molar-refractivity contribution in [2.75, 3.05) is 0 Å². The second-order valence-corrected chi connectivity index (χ2v) is 9.50. The number of phosphoric ester groups is 2. The summed E-state index contributed by atoms with van der Waals surface area (Å²) >= 11 is 0. The van der Waals surface area contributed by atoms with Gasteiger partial charge in [-0.05, 0) is 12.8 Å². The molecule has 4 atom stereocenters. The summed E-state index contributed by atoms with van der Waals surface area (Å²) in [6.45, 7) is 0. The molecule has 0 aliphatic carbocycles. The molecule has 0 saturated heterocycles. The van der Waals surface area contributed by atoms with Gasteiger partial charge >= 0.3 is 205 Å². The maximum absolute atomic E-state index is 11.0. The first-order valence-corrected chi connectivity index (χ1v) is 12.7. The van der Waals surface area contributed by atoms with Crippen molar-refractivity contribution >= 4 is 63.4 Å². The molecule has 0 saturated carbocycles. The van der Waals surface area contributed by atoms with Crippen molar-refractivity contribution in [1.29, 1.82) is 0 Å². The van der Waals surface area contributed by atoms with Crippen LogP contribution in [0.2, 0.25) is 0 Å². The van der Waals surface area contributed by atoms with E-state index in [1.165, 1.54) is 0 Å². The third kappa shape index (κ3) is 34.5. The van der Waals surface area contributed by atoms with Gasteiger partial charge in [0.25, 0.3) is 0 Å². The van der Waals surface area contributed by atoms with E-state index in [9.17, 15) is 78.1 Å². The molecule has 0 heterocycles. The summed E-state index contributed by atoms with van der Waals surface area (Å²) in [6.07, 6.45) is -5.22. The Morgan fingerprint density at radius 3 is 0.739 bits per heavy atom. The predicted molar refractivity (Wildman–Crippen MR) is 98.7 cm³/mol. The van der Waals surface area contributed by atoms with Gasteiger partial charge in [-0.2, -0.15) is 0 Å². The third-order valence-corrected chi connectivity index (χ3v) is 5.05. The van der Waals surface area contributed by atoms with E-state index in [4.69, 9.17) is 19.6 Å². The van der Waals surface area contributed by atoms with E-state index in [-0.39, 0.29) is 177 Å². The second kappa shape index (κ2) is 31.8. The number of rotatable bonds is 16. The summed E-state index contributed by atoms with van der Waals surface area (Å²) in [5, 5.41) is 63.3. The van der Waals surface area contributed by atoms with Gasteiger partial charge < -0.3 is 68.5 Å². The van der Waals surface area contributed by atoms with Gasteiger partial charge in [-0.1, -0.05) is 0 Å². The van der Waals surface area contributed by atoms with Gasteiger partial charge in [0.2, 0.25) is 0 Å². The molecule has 22 nitrogen and oxygen atoms in total. The van der Waals surface area contributed by atoms with Crippen LogP contribution in [0.15, 0.2) is 0 Å². The zero-order valence-electron chi connectivity index (χ0n) is 25.2. The van der Waals surface area contributed by atoms with E-state index < -0.39 is 113 Å². The van der Waals surface area contributed by atoms with E-state index in [1.807, 2.05) is 0 Å². The molecule has 0 amide bonds. The first-order valence-electron chi connectivity index (χ1n) is 9.66. The minimum atomic E-state index is -5.24. The minimum Gasteiger partial charge on any atom is -0.550 e. The summed E-state index contributed by atoms with van der Waals surface area (Å²) in [7, 11) is -10.5. The van der Waals surface area contributed by atoms with E-state index in [0.29, 0.717) is 0 Å². The minimum absolute atomic E-state index is 0. The van der Waals surface area contributed by atoms with Crippen LogP contribution in [0.5, 0.6) is 0 Å². The van der Waals surface area contributed by atoms with Crippen molar-refractivity contribution in [3.63, 3.8) is 0 Å². The Hall–Kier alpha value is 2.06. The van der Waals surface area contributed by atoms with Gasteiger partial charge in [-0.15, -0.1) is 0 Å². The average Bonchev–Trinajstić information content (AvgIpc) is 2.69. The molecular formula is C16H16Na6O22P2. The Balaban J connectivity index is -0.0000000926. The quantitative estimate of drug-likeness (QED) is 0.0838. The summed E-state index contributed by atoms with van der Waals surface area (Å²) in [5.74, 6) is -24.6. The molecule has 0 fully saturated rings. The molecule has 0 spiro atoms. The number of hydrogen-bond acceptors (Lipinski definition) is 18. The van der Waals surface area contributed by atoms with Crippen LogP contribution < -0.4 is 208 Å². The Morgan fingerprint density at radius 1 is 0.435 bits per heavy atom. The molecule has 0 bridgehead atoms. The maximum Gasteiger partial charge on any atom is 1.00 e. The number of aliphatic carboxylic acids is 6. The fourth-order valence-electron chi connectivity index (χ4n) is 2.62. The van der Waals surface area contributed by atoms with Crippen molar-refractivity contribution in [2.45, 2.75) is 25.7 Å². The average molecular weight is 760 g/mol. The fraction of sp³-hybridized carbons (Fsp3) is 0.500. The molecular weight excluding hydrogens is 744 g/mol. The summed E-state index contributed by atoms with van der Waals surface area (Å²) in [4.78, 5) is 119. The molecule has 228 valence electrons. The largest absolute Gasteiger partial charge is 1.00 e. The van der Waals surface area contributed by atoms with Gasteiger partial charge in [-0.3, -0.25) is 29.2 Å². The number of carbonyl (C=O) groups is 8. The Kier molecular flexibility index (Phi) is 45.8. The van der Waals surface area contributed by atoms with Gasteiger partial charge in [0.1, 0.15) is 0 Å². The van der Waals surface area contributed by atoms with E-state index in [2.05, 4.69) is 9.05 Å². The Morgan fingerprint density at radius 2 is 0.609 bits per heavy atom. The summed E-state index contributed by atoms with van der Waals surface area (Å²) < 4.78 is 27.7. The molecule has 4 N–H and O–H groups in total. The Labute approximate surface area is 390 Å². The van der Waals surface area contributed by atoms with Crippen molar-refractivity contribution in [1.82, 2.24) is 0 Å². The first kappa shape index (κ1) is 66.3. The molecule has 46 heavy (non-hydrogen) atoms. The molecule has 4 unspecified atom stereocenters. The predicted octanol–water partition coefficient (Wildman–Crippen LogP) is -28.2. The zero-order chi connectivity index (χ0) is 32.2. The maximum atomic E-state index is 11.0. The number of carboxylic acid groups (broad SMARTS) is 6. The number of carboxylic acids is 6. The van der Waals surface area contributed by atoms with Crippen LogP contribution in [-0.2, 0) is 56.5 Å². The molecule has 0 aliphatic rings. The Bertz CT molecular complexity index is 1040. The normalized spacial score (nSPS) is 12.3. The van der Waals surface area contributed by atoms with Gasteiger partial charge in [-0.25, -0.2) is 9.13 Å². The monoisotopic (exact) mass is 760 g/mol. The molecule has 0 aliphatic heterocycles. The number of hydrogen-bond donors (Lipinski definition) is 4. The zero-order valence-corrected chi connectivity index (χ0v) is 39.0. The van der Waals surface area contributed by atoms with Gasteiger partial charge in [0, 0.05) is 59.5 Å². The standard InChI is InChI=1S/2C8H11O11P.6Na/c2*9-5(10)1-3(7(12)13)4(8(14)15)2-6(11)19-20(16,17)18;;;;;;/h2*3-4H,1-2H2,(H,9,10)(H,12,13)(H,14,15)(H2,16,17,18);;;;;;/q;;6*+1/p-6. The topological polar surface area (TPSA) is 408 Å². The first-order chi connectivity index (χ1) is 17.9. The summed E-state index contributed by atoms with van der Waals surface area (Å²) in [5.41, 5.74) is 0. The SMILES string of the molecule is O=C([O-])CC(C(=O)[O-])C(CC(=O)OP(=O)(O)O)C(=O)[O-].O=C([O-])CC(C(=O)[O-])C(CC(=O)OP(=O)(O)O)C(=O)[O-].[Na+].[Na+].[Na+].[Na+].[Na+].[Na+]. The number of phosphoric acid groups is 2. The second-order valence-electron chi connectivity index (χ2n) is 7.17. The van der Waals surface area contributed by atoms with Crippen molar-refractivity contribution in [3.05, 3.63) is 0 Å². The van der Waals surface area contributed by atoms with E-state index >= 15 is 0 Å². The van der Waals surface area contributed by atoms with Crippen LogP contribution in [0.25, 0.3) is 0 Å². The molecule has 0 radical (unpaired) electrons. The van der Waals surface area contributed by atoms with Crippen LogP contribution >= 0.6 is 15.6 Å².